The van der Waals surface area contributed by atoms with Crippen molar-refractivity contribution in [3.8, 4) is 22.5 Å². The van der Waals surface area contributed by atoms with Crippen LogP contribution < -0.4 is 5.32 Å². The van der Waals surface area contributed by atoms with Gasteiger partial charge in [0.15, 0.2) is 0 Å². The number of hydrogen-bond acceptors (Lipinski definition) is 5. The summed E-state index contributed by atoms with van der Waals surface area (Å²) in [5.41, 5.74) is 4.45. The molecule has 110 valence electrons. The fraction of sp³-hybridized carbons (Fsp3) is 0.235. The summed E-state index contributed by atoms with van der Waals surface area (Å²) < 4.78 is 4.89. The van der Waals surface area contributed by atoms with Gasteiger partial charge < -0.3 is 9.84 Å². The Morgan fingerprint density at radius 2 is 2.09 bits per heavy atom. The fourth-order valence-electron chi connectivity index (χ4n) is 2.95. The molecule has 0 radical (unpaired) electrons. The zero-order valence-corrected chi connectivity index (χ0v) is 12.1. The molecule has 0 amide bonds. The van der Waals surface area contributed by atoms with E-state index in [4.69, 9.17) is 4.52 Å². The van der Waals surface area contributed by atoms with Crippen LogP contribution in [0.2, 0.25) is 0 Å². The molecule has 1 aliphatic rings. The summed E-state index contributed by atoms with van der Waals surface area (Å²) in [4.78, 5) is 8.39. The molecule has 1 aromatic carbocycles. The van der Waals surface area contributed by atoms with Crippen LogP contribution >= 0.6 is 0 Å². The van der Waals surface area contributed by atoms with Crippen LogP contribution in [0.4, 0.5) is 0 Å². The van der Waals surface area contributed by atoms with Gasteiger partial charge >= 0.3 is 0 Å². The van der Waals surface area contributed by atoms with Crippen LogP contribution in [0.25, 0.3) is 22.5 Å². The molecule has 0 unspecified atom stereocenters. The Hall–Kier alpha value is -2.53. The van der Waals surface area contributed by atoms with E-state index in [1.54, 1.807) is 6.20 Å². The van der Waals surface area contributed by atoms with Crippen molar-refractivity contribution in [3.05, 3.63) is 54.7 Å². The second kappa shape index (κ2) is 5.69. The van der Waals surface area contributed by atoms with Crippen molar-refractivity contribution in [3.63, 3.8) is 0 Å². The molecule has 0 saturated carbocycles. The number of nitrogens with one attached hydrogen (secondary N) is 1. The van der Waals surface area contributed by atoms with Crippen molar-refractivity contribution >= 4 is 0 Å². The minimum absolute atomic E-state index is 0.391. The van der Waals surface area contributed by atoms with Gasteiger partial charge in [0.25, 0.3) is 0 Å². The Bertz CT molecular complexity index is 750. The number of rotatable bonds is 3. The predicted molar refractivity (Wildman–Crippen MR) is 82.9 cm³/mol. The lowest BCUT2D eigenvalue weighted by atomic mass is 9.96. The Morgan fingerprint density at radius 3 is 2.82 bits per heavy atom. The maximum Gasteiger partial charge on any atom is 0.214 e. The highest BCUT2D eigenvalue weighted by Gasteiger charge is 2.18. The summed E-state index contributed by atoms with van der Waals surface area (Å²) in [6.07, 6.45) is 7.38. The molecule has 3 aromatic rings. The molecular formula is C17H16N4O. The lowest BCUT2D eigenvalue weighted by Crippen LogP contribution is -2.13. The minimum Gasteiger partial charge on any atom is -0.342 e. The van der Waals surface area contributed by atoms with Gasteiger partial charge in [-0.05, 0) is 54.8 Å². The summed E-state index contributed by atoms with van der Waals surface area (Å²) in [5, 5.41) is 7.51. The second-order valence-electron chi connectivity index (χ2n) is 5.49. The topological polar surface area (TPSA) is 63.8 Å². The standard InChI is InChI=1S/C17H16N4O/c1-3-12(10-18-5-1)13-7-14(16-4-2-6-19-16)9-15(8-13)17-20-11-22-21-17/h1,3,5,7-11,16,19H,2,4,6H2/t16-/m1/s1. The molecule has 0 bridgehead atoms. The van der Waals surface area contributed by atoms with Crippen LogP contribution in [0.1, 0.15) is 24.4 Å². The van der Waals surface area contributed by atoms with E-state index in [-0.39, 0.29) is 0 Å². The zero-order valence-electron chi connectivity index (χ0n) is 12.1. The molecule has 0 spiro atoms. The highest BCUT2D eigenvalue weighted by molar-refractivity contribution is 5.71. The normalized spacial score (nSPS) is 17.7. The molecule has 1 atom stereocenters. The largest absolute Gasteiger partial charge is 0.342 e. The number of nitrogens with zero attached hydrogens (tertiary/aromatic N) is 3. The molecule has 1 aliphatic heterocycles. The van der Waals surface area contributed by atoms with Crippen LogP contribution in [0.5, 0.6) is 0 Å². The van der Waals surface area contributed by atoms with Gasteiger partial charge in [-0.15, -0.1) is 0 Å². The first-order chi connectivity index (χ1) is 10.9. The molecule has 3 heterocycles. The van der Waals surface area contributed by atoms with Crippen LogP contribution in [0.15, 0.2) is 53.6 Å². The highest BCUT2D eigenvalue weighted by atomic mass is 16.5. The van der Waals surface area contributed by atoms with E-state index in [0.717, 1.165) is 29.7 Å². The smallest absolute Gasteiger partial charge is 0.214 e. The van der Waals surface area contributed by atoms with E-state index in [1.807, 2.05) is 12.3 Å². The monoisotopic (exact) mass is 292 g/mol. The molecule has 0 aliphatic carbocycles. The molecule has 4 rings (SSSR count). The van der Waals surface area contributed by atoms with Crippen LogP contribution in [-0.2, 0) is 0 Å². The number of pyridine rings is 1. The maximum absolute atomic E-state index is 4.89. The third-order valence-electron chi connectivity index (χ3n) is 4.03. The van der Waals surface area contributed by atoms with Gasteiger partial charge in [0, 0.05) is 29.6 Å². The van der Waals surface area contributed by atoms with Crippen LogP contribution in [0, 0.1) is 0 Å². The van der Waals surface area contributed by atoms with Crippen LogP contribution in [-0.4, -0.2) is 21.7 Å². The van der Waals surface area contributed by atoms with Crippen molar-refractivity contribution in [2.75, 3.05) is 6.54 Å². The zero-order chi connectivity index (χ0) is 14.8. The number of benzene rings is 1. The summed E-state index contributed by atoms with van der Waals surface area (Å²) in [5.74, 6) is 0.616. The van der Waals surface area contributed by atoms with Gasteiger partial charge in [-0.2, -0.15) is 4.98 Å². The van der Waals surface area contributed by atoms with Crippen molar-refractivity contribution < 1.29 is 4.52 Å². The van der Waals surface area contributed by atoms with E-state index in [0.29, 0.717) is 11.9 Å². The highest BCUT2D eigenvalue weighted by Crippen LogP contribution is 2.31. The first kappa shape index (κ1) is 13.2. The van der Waals surface area contributed by atoms with Gasteiger partial charge in [-0.1, -0.05) is 11.2 Å². The molecule has 1 fully saturated rings. The van der Waals surface area contributed by atoms with Crippen LogP contribution in [0.3, 0.4) is 0 Å². The Kier molecular flexibility index (Phi) is 3.40. The van der Waals surface area contributed by atoms with Gasteiger partial charge in [-0.3, -0.25) is 4.98 Å². The molecule has 22 heavy (non-hydrogen) atoms. The summed E-state index contributed by atoms with van der Waals surface area (Å²) in [7, 11) is 0. The Labute approximate surface area is 128 Å². The summed E-state index contributed by atoms with van der Waals surface area (Å²) >= 11 is 0. The third-order valence-corrected chi connectivity index (χ3v) is 4.03. The Morgan fingerprint density at radius 1 is 1.14 bits per heavy atom. The van der Waals surface area contributed by atoms with Crippen molar-refractivity contribution in [2.45, 2.75) is 18.9 Å². The van der Waals surface area contributed by atoms with Gasteiger partial charge in [0.1, 0.15) is 0 Å². The van der Waals surface area contributed by atoms with E-state index >= 15 is 0 Å². The SMILES string of the molecule is c1cncc(-c2cc(-c3ncon3)cc([C@H]3CCCN3)c2)c1. The average Bonchev–Trinajstić information content (AvgIpc) is 3.29. The summed E-state index contributed by atoms with van der Waals surface area (Å²) in [6, 6.07) is 10.9. The Balaban J connectivity index is 1.83. The fourth-order valence-corrected chi connectivity index (χ4v) is 2.95. The van der Waals surface area contributed by atoms with Gasteiger partial charge in [-0.25, -0.2) is 0 Å². The lowest BCUT2D eigenvalue weighted by Gasteiger charge is -2.14. The quantitative estimate of drug-likeness (QED) is 0.803. The number of aromatic nitrogens is 3. The van der Waals surface area contributed by atoms with E-state index in [2.05, 4.69) is 44.7 Å². The molecule has 2 aromatic heterocycles. The van der Waals surface area contributed by atoms with Gasteiger partial charge in [0.05, 0.1) is 0 Å². The van der Waals surface area contributed by atoms with Crippen molar-refractivity contribution in [1.82, 2.24) is 20.4 Å². The third kappa shape index (κ3) is 2.51. The second-order valence-corrected chi connectivity index (χ2v) is 5.49. The first-order valence-corrected chi connectivity index (χ1v) is 7.46. The maximum atomic E-state index is 4.89. The molecular weight excluding hydrogens is 276 g/mol. The molecule has 1 N–H and O–H groups in total. The number of hydrogen-bond donors (Lipinski definition) is 1. The molecule has 5 nitrogen and oxygen atoms in total. The first-order valence-electron chi connectivity index (χ1n) is 7.46. The van der Waals surface area contributed by atoms with Crippen molar-refractivity contribution in [2.24, 2.45) is 0 Å². The summed E-state index contributed by atoms with van der Waals surface area (Å²) in [6.45, 7) is 1.07. The van der Waals surface area contributed by atoms with E-state index in [1.165, 1.54) is 18.4 Å². The molecule has 1 saturated heterocycles. The molecule has 5 heteroatoms. The minimum atomic E-state index is 0.391. The average molecular weight is 292 g/mol. The van der Waals surface area contributed by atoms with E-state index in [9.17, 15) is 0 Å². The lowest BCUT2D eigenvalue weighted by molar-refractivity contribution is 0.418. The van der Waals surface area contributed by atoms with Crippen molar-refractivity contribution in [1.29, 1.82) is 0 Å². The predicted octanol–water partition coefficient (Wildman–Crippen LogP) is 3.22. The van der Waals surface area contributed by atoms with Gasteiger partial charge in [0.2, 0.25) is 12.2 Å². The van der Waals surface area contributed by atoms with E-state index < -0.39 is 0 Å².